The highest BCUT2D eigenvalue weighted by molar-refractivity contribution is 7.99. The molecule has 31 heavy (non-hydrogen) atoms. The summed E-state index contributed by atoms with van der Waals surface area (Å²) in [6.45, 7) is 2.66. The SMILES string of the molecule is Cc1ccc(SCCNC(=O)CCc2nc3cc(S(=O)(=O)N(C)C)ccc3n2C)cc1. The molecule has 0 aliphatic carbocycles. The topological polar surface area (TPSA) is 84.3 Å². The van der Waals surface area contributed by atoms with Crippen molar-refractivity contribution in [2.75, 3.05) is 26.4 Å². The number of fused-ring (bicyclic) bond motifs is 1. The van der Waals surface area contributed by atoms with Crippen LogP contribution in [0, 0.1) is 6.92 Å². The molecule has 0 aliphatic rings. The van der Waals surface area contributed by atoms with Gasteiger partial charge in [0.15, 0.2) is 0 Å². The van der Waals surface area contributed by atoms with Gasteiger partial charge in [-0.05, 0) is 37.3 Å². The fraction of sp³-hybridized carbons (Fsp3) is 0.364. The molecule has 0 atom stereocenters. The number of aryl methyl sites for hydroxylation is 3. The van der Waals surface area contributed by atoms with Crippen LogP contribution in [0.15, 0.2) is 52.3 Å². The smallest absolute Gasteiger partial charge is 0.242 e. The normalized spacial score (nSPS) is 11.9. The van der Waals surface area contributed by atoms with E-state index in [0.29, 0.717) is 24.9 Å². The van der Waals surface area contributed by atoms with Crippen molar-refractivity contribution in [1.82, 2.24) is 19.2 Å². The first-order valence-corrected chi connectivity index (χ1v) is 12.4. The van der Waals surface area contributed by atoms with Gasteiger partial charge in [-0.25, -0.2) is 17.7 Å². The van der Waals surface area contributed by atoms with Crippen LogP contribution in [0.4, 0.5) is 0 Å². The van der Waals surface area contributed by atoms with Crippen molar-refractivity contribution in [2.45, 2.75) is 29.6 Å². The van der Waals surface area contributed by atoms with Crippen molar-refractivity contribution in [3.8, 4) is 0 Å². The molecule has 0 aliphatic heterocycles. The Morgan fingerprint density at radius 3 is 2.55 bits per heavy atom. The standard InChI is InChI=1S/C22H28N4O3S2/c1-16-5-7-17(8-6-16)30-14-13-23-22(27)12-11-21-24-19-15-18(31(28,29)25(2)3)9-10-20(19)26(21)4/h5-10,15H,11-14H2,1-4H3,(H,23,27). The molecular formula is C22H28N4O3S2. The zero-order valence-corrected chi connectivity index (χ0v) is 19.9. The number of hydrogen-bond acceptors (Lipinski definition) is 5. The monoisotopic (exact) mass is 460 g/mol. The third-order valence-corrected chi connectivity index (χ3v) is 7.84. The lowest BCUT2D eigenvalue weighted by molar-refractivity contribution is -0.120. The van der Waals surface area contributed by atoms with E-state index in [9.17, 15) is 13.2 Å². The maximum absolute atomic E-state index is 12.3. The Morgan fingerprint density at radius 1 is 1.16 bits per heavy atom. The van der Waals surface area contributed by atoms with Crippen LogP contribution in [0.25, 0.3) is 11.0 Å². The minimum Gasteiger partial charge on any atom is -0.355 e. The van der Waals surface area contributed by atoms with Crippen molar-refractivity contribution in [3.05, 3.63) is 53.9 Å². The van der Waals surface area contributed by atoms with Gasteiger partial charge < -0.3 is 9.88 Å². The van der Waals surface area contributed by atoms with Crippen LogP contribution in [-0.4, -0.2) is 54.6 Å². The molecule has 166 valence electrons. The van der Waals surface area contributed by atoms with Crippen LogP contribution in [0.5, 0.6) is 0 Å². The summed E-state index contributed by atoms with van der Waals surface area (Å²) in [6.07, 6.45) is 0.813. The number of nitrogens with zero attached hydrogens (tertiary/aromatic N) is 3. The molecule has 1 heterocycles. The van der Waals surface area contributed by atoms with Gasteiger partial charge in [0.25, 0.3) is 0 Å². The first-order chi connectivity index (χ1) is 14.7. The van der Waals surface area contributed by atoms with Crippen LogP contribution in [0.3, 0.4) is 0 Å². The fourth-order valence-corrected chi connectivity index (χ4v) is 4.82. The number of aromatic nitrogens is 2. The highest BCUT2D eigenvalue weighted by Gasteiger charge is 2.19. The Bertz CT molecular complexity index is 1170. The molecule has 2 aromatic carbocycles. The summed E-state index contributed by atoms with van der Waals surface area (Å²) in [4.78, 5) is 18.2. The van der Waals surface area contributed by atoms with Crippen molar-refractivity contribution in [3.63, 3.8) is 0 Å². The minimum absolute atomic E-state index is 0.0209. The number of rotatable bonds is 9. The number of sulfonamides is 1. The quantitative estimate of drug-likeness (QED) is 0.392. The third kappa shape index (κ3) is 5.66. The summed E-state index contributed by atoms with van der Waals surface area (Å²) in [5.74, 6) is 1.54. The number of thioether (sulfide) groups is 1. The van der Waals surface area contributed by atoms with Gasteiger partial charge in [0.1, 0.15) is 5.82 Å². The highest BCUT2D eigenvalue weighted by Crippen LogP contribution is 2.22. The maximum Gasteiger partial charge on any atom is 0.242 e. The molecule has 1 amide bonds. The van der Waals surface area contributed by atoms with Gasteiger partial charge in [0.2, 0.25) is 15.9 Å². The molecule has 3 aromatic rings. The Morgan fingerprint density at radius 2 is 1.87 bits per heavy atom. The average molecular weight is 461 g/mol. The fourth-order valence-electron chi connectivity index (χ4n) is 3.13. The largest absolute Gasteiger partial charge is 0.355 e. The number of carbonyl (C=O) groups excluding carboxylic acids is 1. The summed E-state index contributed by atoms with van der Waals surface area (Å²) < 4.78 is 27.8. The number of nitrogens with one attached hydrogen (secondary N) is 1. The Hall–Kier alpha value is -2.36. The first kappa shape index (κ1) is 23.3. The van der Waals surface area contributed by atoms with Crippen LogP contribution >= 0.6 is 11.8 Å². The average Bonchev–Trinajstić information content (AvgIpc) is 3.06. The van der Waals surface area contributed by atoms with Gasteiger partial charge >= 0.3 is 0 Å². The second kappa shape index (κ2) is 9.84. The number of carbonyl (C=O) groups is 1. The lowest BCUT2D eigenvalue weighted by Crippen LogP contribution is -2.26. The molecule has 0 unspecified atom stereocenters. The number of amides is 1. The molecule has 0 radical (unpaired) electrons. The van der Waals surface area contributed by atoms with Crippen molar-refractivity contribution >= 4 is 38.7 Å². The Labute approximate surface area is 187 Å². The van der Waals surface area contributed by atoms with E-state index in [1.165, 1.54) is 28.9 Å². The predicted molar refractivity (Wildman–Crippen MR) is 125 cm³/mol. The van der Waals surface area contributed by atoms with Crippen molar-refractivity contribution in [2.24, 2.45) is 7.05 Å². The summed E-state index contributed by atoms with van der Waals surface area (Å²) in [5, 5.41) is 2.95. The van der Waals surface area contributed by atoms with Crippen LogP contribution in [-0.2, 0) is 28.3 Å². The van der Waals surface area contributed by atoms with Crippen LogP contribution < -0.4 is 5.32 Å². The van der Waals surface area contributed by atoms with Crippen LogP contribution in [0.2, 0.25) is 0 Å². The van der Waals surface area contributed by atoms with Crippen molar-refractivity contribution < 1.29 is 13.2 Å². The molecule has 0 bridgehead atoms. The van der Waals surface area contributed by atoms with E-state index in [0.717, 1.165) is 17.1 Å². The van der Waals surface area contributed by atoms with Gasteiger partial charge in [-0.2, -0.15) is 0 Å². The summed E-state index contributed by atoms with van der Waals surface area (Å²) in [5.41, 5.74) is 2.67. The van der Waals surface area contributed by atoms with E-state index in [2.05, 4.69) is 41.5 Å². The van der Waals surface area contributed by atoms with Gasteiger partial charge in [-0.3, -0.25) is 4.79 Å². The summed E-state index contributed by atoms with van der Waals surface area (Å²) >= 11 is 1.71. The second-order valence-corrected chi connectivity index (χ2v) is 10.9. The molecule has 1 N–H and O–H groups in total. The van der Waals surface area contributed by atoms with E-state index in [1.807, 2.05) is 11.6 Å². The van der Waals surface area contributed by atoms with E-state index in [-0.39, 0.29) is 10.8 Å². The summed E-state index contributed by atoms with van der Waals surface area (Å²) in [6, 6.07) is 13.3. The van der Waals surface area contributed by atoms with E-state index >= 15 is 0 Å². The first-order valence-electron chi connectivity index (χ1n) is 10.0. The molecule has 0 fully saturated rings. The zero-order chi connectivity index (χ0) is 22.6. The molecule has 1 aromatic heterocycles. The van der Waals surface area contributed by atoms with E-state index < -0.39 is 10.0 Å². The lowest BCUT2D eigenvalue weighted by Gasteiger charge is -2.10. The van der Waals surface area contributed by atoms with Gasteiger partial charge in [-0.1, -0.05) is 17.7 Å². The Balaban J connectivity index is 1.54. The highest BCUT2D eigenvalue weighted by atomic mass is 32.2. The molecule has 0 saturated carbocycles. The predicted octanol–water partition coefficient (Wildman–Crippen LogP) is 2.97. The van der Waals surface area contributed by atoms with E-state index in [4.69, 9.17) is 0 Å². The second-order valence-electron chi connectivity index (χ2n) is 7.54. The molecule has 7 nitrogen and oxygen atoms in total. The number of imidazole rings is 1. The van der Waals surface area contributed by atoms with Crippen LogP contribution in [0.1, 0.15) is 17.8 Å². The zero-order valence-electron chi connectivity index (χ0n) is 18.3. The molecule has 0 saturated heterocycles. The minimum atomic E-state index is -3.51. The number of benzene rings is 2. The van der Waals surface area contributed by atoms with E-state index in [1.54, 1.807) is 30.0 Å². The molecule has 3 rings (SSSR count). The molecule has 0 spiro atoms. The molecular weight excluding hydrogens is 432 g/mol. The van der Waals surface area contributed by atoms with Gasteiger partial charge in [0.05, 0.1) is 15.9 Å². The lowest BCUT2D eigenvalue weighted by atomic mass is 10.2. The number of hydrogen-bond donors (Lipinski definition) is 1. The molecule has 9 heteroatoms. The summed E-state index contributed by atoms with van der Waals surface area (Å²) in [7, 11) is 1.36. The van der Waals surface area contributed by atoms with Crippen molar-refractivity contribution in [1.29, 1.82) is 0 Å². The maximum atomic E-state index is 12.3. The van der Waals surface area contributed by atoms with Gasteiger partial charge in [0, 0.05) is 51.2 Å². The third-order valence-electron chi connectivity index (χ3n) is 5.01. The Kier molecular flexibility index (Phi) is 7.40. The van der Waals surface area contributed by atoms with Gasteiger partial charge in [-0.15, -0.1) is 11.8 Å².